The fraction of sp³-hybridized carbons (Fsp3) is 0.929. The van der Waals surface area contributed by atoms with Gasteiger partial charge in [-0.25, -0.2) is 0 Å². The minimum Gasteiger partial charge on any atom is -0.461 e. The zero-order chi connectivity index (χ0) is 12.1. The van der Waals surface area contributed by atoms with E-state index in [0.717, 1.165) is 31.2 Å². The lowest BCUT2D eigenvalue weighted by atomic mass is 9.85. The van der Waals surface area contributed by atoms with Crippen LogP contribution in [0.5, 0.6) is 0 Å². The molecule has 2 unspecified atom stereocenters. The number of carbonyl (C=O) groups excluding carboxylic acids is 1. The molecule has 0 spiro atoms. The van der Waals surface area contributed by atoms with Crippen molar-refractivity contribution < 1.29 is 9.53 Å². The molecule has 2 aliphatic rings. The number of nitrogens with one attached hydrogen (secondary N) is 1. The van der Waals surface area contributed by atoms with Gasteiger partial charge in [-0.05, 0) is 50.5 Å². The average molecular weight is 239 g/mol. The number of hydrogen-bond acceptors (Lipinski definition) is 3. The van der Waals surface area contributed by atoms with Crippen LogP contribution in [0.1, 0.15) is 51.9 Å². The summed E-state index contributed by atoms with van der Waals surface area (Å²) in [5.41, 5.74) is 0. The molecule has 0 amide bonds. The second kappa shape index (κ2) is 6.39. The van der Waals surface area contributed by atoms with E-state index < -0.39 is 0 Å². The molecule has 0 aromatic heterocycles. The van der Waals surface area contributed by atoms with E-state index in [2.05, 4.69) is 12.2 Å². The number of ether oxygens (including phenoxy) is 1. The second-order valence-electron chi connectivity index (χ2n) is 5.63. The van der Waals surface area contributed by atoms with Gasteiger partial charge in [0.15, 0.2) is 0 Å². The molecule has 2 rings (SSSR count). The van der Waals surface area contributed by atoms with Gasteiger partial charge < -0.3 is 10.1 Å². The largest absolute Gasteiger partial charge is 0.461 e. The molecule has 0 aromatic rings. The van der Waals surface area contributed by atoms with Gasteiger partial charge in [0.25, 0.3) is 0 Å². The number of esters is 1. The van der Waals surface area contributed by atoms with E-state index in [1.165, 1.54) is 32.1 Å². The van der Waals surface area contributed by atoms with E-state index in [0.29, 0.717) is 6.54 Å². The Balaban J connectivity index is 1.59. The van der Waals surface area contributed by atoms with E-state index in [9.17, 15) is 4.79 Å². The molecule has 2 fully saturated rings. The monoisotopic (exact) mass is 239 g/mol. The van der Waals surface area contributed by atoms with E-state index in [1.807, 2.05) is 0 Å². The third kappa shape index (κ3) is 4.66. The molecule has 3 nitrogen and oxygen atoms in total. The highest BCUT2D eigenvalue weighted by molar-refractivity contribution is 5.71. The van der Waals surface area contributed by atoms with Gasteiger partial charge in [0.1, 0.15) is 6.10 Å². The van der Waals surface area contributed by atoms with Crippen LogP contribution in [-0.2, 0) is 9.53 Å². The summed E-state index contributed by atoms with van der Waals surface area (Å²) in [7, 11) is 0. The third-order valence-corrected chi connectivity index (χ3v) is 4.01. The van der Waals surface area contributed by atoms with Crippen LogP contribution in [0.4, 0.5) is 0 Å². The van der Waals surface area contributed by atoms with Crippen molar-refractivity contribution >= 4 is 5.97 Å². The van der Waals surface area contributed by atoms with Crippen LogP contribution in [0.3, 0.4) is 0 Å². The lowest BCUT2D eigenvalue weighted by molar-refractivity contribution is -0.150. The minimum absolute atomic E-state index is 0.0626. The van der Waals surface area contributed by atoms with Gasteiger partial charge in [0, 0.05) is 0 Å². The first-order chi connectivity index (χ1) is 8.28. The van der Waals surface area contributed by atoms with Gasteiger partial charge in [-0.2, -0.15) is 0 Å². The Morgan fingerprint density at radius 2 is 2.06 bits per heavy atom. The molecule has 17 heavy (non-hydrogen) atoms. The maximum atomic E-state index is 11.6. The number of rotatable bonds is 6. The van der Waals surface area contributed by atoms with Gasteiger partial charge >= 0.3 is 5.97 Å². The van der Waals surface area contributed by atoms with E-state index >= 15 is 0 Å². The summed E-state index contributed by atoms with van der Waals surface area (Å²) in [6.45, 7) is 3.60. The maximum Gasteiger partial charge on any atom is 0.320 e. The molecule has 2 saturated carbocycles. The molecule has 0 heterocycles. The van der Waals surface area contributed by atoms with Gasteiger partial charge in [-0.1, -0.05) is 19.8 Å². The lowest BCUT2D eigenvalue weighted by Crippen LogP contribution is -2.31. The van der Waals surface area contributed by atoms with Gasteiger partial charge in [-0.3, -0.25) is 4.79 Å². The summed E-state index contributed by atoms with van der Waals surface area (Å²) in [4.78, 5) is 11.6. The lowest BCUT2D eigenvalue weighted by Gasteiger charge is -2.28. The fourth-order valence-electron chi connectivity index (χ4n) is 2.65. The first-order valence-electron chi connectivity index (χ1n) is 7.18. The van der Waals surface area contributed by atoms with Crippen molar-refractivity contribution in [2.75, 3.05) is 13.1 Å². The molecule has 2 atom stereocenters. The third-order valence-electron chi connectivity index (χ3n) is 4.01. The highest BCUT2D eigenvalue weighted by Crippen LogP contribution is 2.29. The summed E-state index contributed by atoms with van der Waals surface area (Å²) in [6, 6.07) is 0. The molecule has 0 aliphatic heterocycles. The van der Waals surface area contributed by atoms with Crippen LogP contribution in [-0.4, -0.2) is 25.2 Å². The van der Waals surface area contributed by atoms with Crippen molar-refractivity contribution in [3.05, 3.63) is 0 Å². The molecular formula is C14H25NO2. The van der Waals surface area contributed by atoms with Crippen LogP contribution in [0.15, 0.2) is 0 Å². The predicted molar refractivity (Wildman–Crippen MR) is 67.7 cm³/mol. The minimum atomic E-state index is -0.0626. The van der Waals surface area contributed by atoms with Crippen LogP contribution in [0, 0.1) is 11.8 Å². The van der Waals surface area contributed by atoms with Gasteiger partial charge in [-0.15, -0.1) is 0 Å². The summed E-state index contributed by atoms with van der Waals surface area (Å²) >= 11 is 0. The Morgan fingerprint density at radius 3 is 2.76 bits per heavy atom. The summed E-state index contributed by atoms with van der Waals surface area (Å²) in [5, 5.41) is 3.19. The van der Waals surface area contributed by atoms with Crippen molar-refractivity contribution in [2.24, 2.45) is 11.8 Å². The van der Waals surface area contributed by atoms with Gasteiger partial charge in [0.05, 0.1) is 6.54 Å². The Bertz CT molecular complexity index is 251. The normalized spacial score (nSPS) is 29.0. The zero-order valence-electron chi connectivity index (χ0n) is 10.9. The Labute approximate surface area is 104 Å². The highest BCUT2D eigenvalue weighted by atomic mass is 16.5. The SMILES string of the molecule is CCC1CCCC(OC(=O)CNCC2CC2)C1. The number of hydrogen-bond donors (Lipinski definition) is 1. The molecule has 0 saturated heterocycles. The molecule has 3 heteroatoms. The summed E-state index contributed by atoms with van der Waals surface area (Å²) in [5.74, 6) is 1.52. The Morgan fingerprint density at radius 1 is 1.24 bits per heavy atom. The van der Waals surface area contributed by atoms with Crippen LogP contribution < -0.4 is 5.32 Å². The molecule has 0 bridgehead atoms. The van der Waals surface area contributed by atoms with Crippen molar-refractivity contribution in [3.8, 4) is 0 Å². The molecule has 0 aromatic carbocycles. The van der Waals surface area contributed by atoms with Crippen molar-refractivity contribution in [1.82, 2.24) is 5.32 Å². The summed E-state index contributed by atoms with van der Waals surface area (Å²) < 4.78 is 5.52. The quantitative estimate of drug-likeness (QED) is 0.724. The molecule has 1 N–H and O–H groups in total. The zero-order valence-corrected chi connectivity index (χ0v) is 10.9. The predicted octanol–water partition coefficient (Wildman–Crippen LogP) is 2.50. The molecular weight excluding hydrogens is 214 g/mol. The Hall–Kier alpha value is -0.570. The highest BCUT2D eigenvalue weighted by Gasteiger charge is 2.24. The molecule has 98 valence electrons. The number of carbonyl (C=O) groups is 1. The first-order valence-corrected chi connectivity index (χ1v) is 7.18. The summed E-state index contributed by atoms with van der Waals surface area (Å²) in [6.07, 6.45) is 8.70. The van der Waals surface area contributed by atoms with E-state index in [4.69, 9.17) is 4.74 Å². The molecule has 2 aliphatic carbocycles. The standard InChI is InChI=1S/C14H25NO2/c1-2-11-4-3-5-13(8-11)17-14(16)10-15-9-12-6-7-12/h11-13,15H,2-10H2,1H3. The molecule has 0 radical (unpaired) electrons. The van der Waals surface area contributed by atoms with E-state index in [-0.39, 0.29) is 12.1 Å². The smallest absolute Gasteiger partial charge is 0.320 e. The average Bonchev–Trinajstić information content (AvgIpc) is 3.13. The van der Waals surface area contributed by atoms with Crippen LogP contribution >= 0.6 is 0 Å². The maximum absolute atomic E-state index is 11.6. The second-order valence-corrected chi connectivity index (χ2v) is 5.63. The Kier molecular flexibility index (Phi) is 4.84. The van der Waals surface area contributed by atoms with Crippen molar-refractivity contribution in [3.63, 3.8) is 0 Å². The van der Waals surface area contributed by atoms with E-state index in [1.54, 1.807) is 0 Å². The van der Waals surface area contributed by atoms with Gasteiger partial charge in [0.2, 0.25) is 0 Å². The topological polar surface area (TPSA) is 38.3 Å². The van der Waals surface area contributed by atoms with Crippen LogP contribution in [0.2, 0.25) is 0 Å². The fourth-order valence-corrected chi connectivity index (χ4v) is 2.65. The van der Waals surface area contributed by atoms with Crippen molar-refractivity contribution in [1.29, 1.82) is 0 Å². The van der Waals surface area contributed by atoms with Crippen LogP contribution in [0.25, 0.3) is 0 Å². The van der Waals surface area contributed by atoms with Crippen molar-refractivity contribution in [2.45, 2.75) is 58.0 Å². The first kappa shape index (κ1) is 12.9.